The van der Waals surface area contributed by atoms with Gasteiger partial charge in [0.2, 0.25) is 5.95 Å². The zero-order chi connectivity index (χ0) is 18.1. The van der Waals surface area contributed by atoms with Crippen LogP contribution < -0.4 is 5.32 Å². The van der Waals surface area contributed by atoms with Crippen LogP contribution in [0.2, 0.25) is 0 Å². The van der Waals surface area contributed by atoms with Crippen molar-refractivity contribution in [3.63, 3.8) is 0 Å². The molecule has 7 heteroatoms. The number of carbonyl (C=O) groups is 2. The largest absolute Gasteiger partial charge is 0.478 e. The van der Waals surface area contributed by atoms with Crippen LogP contribution in [-0.4, -0.2) is 28.7 Å². The van der Waals surface area contributed by atoms with Crippen LogP contribution in [0.5, 0.6) is 0 Å². The van der Waals surface area contributed by atoms with E-state index in [0.29, 0.717) is 6.42 Å². The van der Waals surface area contributed by atoms with Gasteiger partial charge in [-0.15, -0.1) is 0 Å². The van der Waals surface area contributed by atoms with Crippen molar-refractivity contribution in [2.45, 2.75) is 13.0 Å². The molecule has 0 fully saturated rings. The monoisotopic (exact) mass is 342 g/mol. The maximum Gasteiger partial charge on any atom is 0.407 e. The number of rotatable bonds is 5. The zero-order valence-corrected chi connectivity index (χ0v) is 13.2. The Morgan fingerprint density at radius 1 is 1.28 bits per heavy atom. The normalized spacial score (nSPS) is 9.64. The summed E-state index contributed by atoms with van der Waals surface area (Å²) in [5.74, 6) is 2.94. The fourth-order valence-electron chi connectivity index (χ4n) is 1.83. The molecule has 128 valence electrons. The third-order valence-corrected chi connectivity index (χ3v) is 3.03. The first-order valence-electron chi connectivity index (χ1n) is 7.38. The first-order valence-corrected chi connectivity index (χ1v) is 7.38. The Morgan fingerprint density at radius 3 is 2.76 bits per heavy atom. The molecular formula is C18H15FN2O4. The van der Waals surface area contributed by atoms with Crippen molar-refractivity contribution in [2.24, 2.45) is 0 Å². The molecule has 0 saturated heterocycles. The lowest BCUT2D eigenvalue weighted by Gasteiger charge is -2.05. The van der Waals surface area contributed by atoms with Gasteiger partial charge in [-0.05, 0) is 11.6 Å². The summed E-state index contributed by atoms with van der Waals surface area (Å²) in [4.78, 5) is 25.6. The third kappa shape index (κ3) is 5.95. The number of ether oxygens (including phenoxy) is 1. The minimum Gasteiger partial charge on any atom is -0.478 e. The fraction of sp³-hybridized carbons (Fsp3) is 0.167. The van der Waals surface area contributed by atoms with Crippen molar-refractivity contribution in [3.05, 3.63) is 65.2 Å². The molecule has 2 N–H and O–H groups in total. The van der Waals surface area contributed by atoms with E-state index in [4.69, 9.17) is 9.84 Å². The highest BCUT2D eigenvalue weighted by Crippen LogP contribution is 2.06. The Morgan fingerprint density at radius 2 is 2.04 bits per heavy atom. The van der Waals surface area contributed by atoms with Gasteiger partial charge in [0, 0.05) is 24.7 Å². The lowest BCUT2D eigenvalue weighted by molar-refractivity contribution is 0.0690. The van der Waals surface area contributed by atoms with Gasteiger partial charge in [-0.2, -0.15) is 4.39 Å². The molecule has 2 rings (SSSR count). The van der Waals surface area contributed by atoms with Crippen LogP contribution in [0.25, 0.3) is 0 Å². The standard InChI is InChI=1S/C18H15FN2O4/c19-16-15(17(22)23)10-14(11-21-16)8-4-5-9-20-18(24)25-12-13-6-2-1-3-7-13/h1-3,6-7,10-11H,5,9,12H2,(H,20,24)(H,22,23). The predicted molar refractivity (Wildman–Crippen MR) is 87.3 cm³/mol. The minimum atomic E-state index is -1.41. The van der Waals surface area contributed by atoms with Crippen molar-refractivity contribution >= 4 is 12.1 Å². The van der Waals surface area contributed by atoms with E-state index in [0.717, 1.165) is 17.8 Å². The second-order valence-electron chi connectivity index (χ2n) is 4.91. The summed E-state index contributed by atoms with van der Waals surface area (Å²) in [6.45, 7) is 0.443. The highest BCUT2D eigenvalue weighted by Gasteiger charge is 2.11. The fourth-order valence-corrected chi connectivity index (χ4v) is 1.83. The molecule has 0 bridgehead atoms. The molecule has 6 nitrogen and oxygen atoms in total. The number of nitrogens with one attached hydrogen (secondary N) is 1. The van der Waals surface area contributed by atoms with E-state index in [-0.39, 0.29) is 18.7 Å². The Balaban J connectivity index is 1.74. The predicted octanol–water partition coefficient (Wildman–Crippen LogP) is 2.59. The third-order valence-electron chi connectivity index (χ3n) is 3.03. The Hall–Kier alpha value is -3.40. The molecule has 0 aliphatic carbocycles. The van der Waals surface area contributed by atoms with Gasteiger partial charge in [0.05, 0.1) is 0 Å². The van der Waals surface area contributed by atoms with Crippen LogP contribution in [0.4, 0.5) is 9.18 Å². The summed E-state index contributed by atoms with van der Waals surface area (Å²) in [5.41, 5.74) is 0.635. The van der Waals surface area contributed by atoms with Crippen LogP contribution in [-0.2, 0) is 11.3 Å². The number of pyridine rings is 1. The molecule has 2 aromatic rings. The van der Waals surface area contributed by atoms with Crippen LogP contribution in [0.1, 0.15) is 27.9 Å². The van der Waals surface area contributed by atoms with Crippen LogP contribution in [0, 0.1) is 17.8 Å². The molecule has 25 heavy (non-hydrogen) atoms. The summed E-state index contributed by atoms with van der Waals surface area (Å²) >= 11 is 0. The maximum absolute atomic E-state index is 13.1. The van der Waals surface area contributed by atoms with Crippen LogP contribution in [0.15, 0.2) is 42.6 Å². The number of hydrogen-bond acceptors (Lipinski definition) is 4. The van der Waals surface area contributed by atoms with Gasteiger partial charge in [-0.3, -0.25) is 0 Å². The lowest BCUT2D eigenvalue weighted by Crippen LogP contribution is -2.24. The van der Waals surface area contributed by atoms with Crippen LogP contribution in [0.3, 0.4) is 0 Å². The minimum absolute atomic E-state index is 0.178. The van der Waals surface area contributed by atoms with Gasteiger partial charge >= 0.3 is 12.1 Å². The van der Waals surface area contributed by atoms with E-state index in [1.807, 2.05) is 30.3 Å². The average Bonchev–Trinajstić information content (AvgIpc) is 2.61. The quantitative estimate of drug-likeness (QED) is 0.495. The number of aromatic carboxylic acids is 1. The van der Waals surface area contributed by atoms with Gasteiger partial charge in [-0.1, -0.05) is 42.2 Å². The van der Waals surface area contributed by atoms with E-state index in [1.54, 1.807) is 0 Å². The van der Waals surface area contributed by atoms with Crippen LogP contribution >= 0.6 is 0 Å². The number of alkyl carbamates (subject to hydrolysis) is 1. The number of carbonyl (C=O) groups excluding carboxylic acids is 1. The molecule has 0 atom stereocenters. The van der Waals surface area contributed by atoms with Crippen molar-refractivity contribution in [2.75, 3.05) is 6.54 Å². The van der Waals surface area contributed by atoms with Gasteiger partial charge < -0.3 is 15.2 Å². The summed E-state index contributed by atoms with van der Waals surface area (Å²) in [6, 6.07) is 10.4. The first kappa shape index (κ1) is 17.9. The highest BCUT2D eigenvalue weighted by atomic mass is 19.1. The number of aromatic nitrogens is 1. The van der Waals surface area contributed by atoms with Crippen molar-refractivity contribution < 1.29 is 23.8 Å². The van der Waals surface area contributed by atoms with Gasteiger partial charge in [0.1, 0.15) is 12.2 Å². The van der Waals surface area contributed by atoms with Gasteiger partial charge in [-0.25, -0.2) is 14.6 Å². The molecule has 1 amide bonds. The van der Waals surface area contributed by atoms with Gasteiger partial charge in [0.15, 0.2) is 0 Å². The van der Waals surface area contributed by atoms with Gasteiger partial charge in [0.25, 0.3) is 0 Å². The Labute approximate surface area is 143 Å². The van der Waals surface area contributed by atoms with Crippen molar-refractivity contribution in [1.29, 1.82) is 0 Å². The molecule has 0 unspecified atom stereocenters. The molecule has 1 aromatic heterocycles. The molecule has 0 aliphatic rings. The number of halogens is 1. The maximum atomic E-state index is 13.1. The number of hydrogen-bond donors (Lipinski definition) is 2. The second kappa shape index (κ2) is 9.03. The first-order chi connectivity index (χ1) is 12.1. The smallest absolute Gasteiger partial charge is 0.407 e. The molecular weight excluding hydrogens is 327 g/mol. The van der Waals surface area contributed by atoms with Crippen molar-refractivity contribution in [1.82, 2.24) is 10.3 Å². The van der Waals surface area contributed by atoms with E-state index >= 15 is 0 Å². The van der Waals surface area contributed by atoms with Crippen molar-refractivity contribution in [3.8, 4) is 11.8 Å². The zero-order valence-electron chi connectivity index (χ0n) is 13.2. The summed E-state index contributed by atoms with van der Waals surface area (Å²) in [6.07, 6.45) is 0.915. The number of benzene rings is 1. The number of amides is 1. The average molecular weight is 342 g/mol. The van der Waals surface area contributed by atoms with E-state index in [9.17, 15) is 14.0 Å². The topological polar surface area (TPSA) is 88.5 Å². The molecule has 0 aliphatic heterocycles. The van der Waals surface area contributed by atoms with E-state index in [1.165, 1.54) is 0 Å². The number of nitrogens with zero attached hydrogens (tertiary/aromatic N) is 1. The molecule has 1 heterocycles. The second-order valence-corrected chi connectivity index (χ2v) is 4.91. The highest BCUT2D eigenvalue weighted by molar-refractivity contribution is 5.87. The SMILES string of the molecule is O=C(NCCC#Cc1cnc(F)c(C(=O)O)c1)OCc1ccccc1. The Kier molecular flexibility index (Phi) is 6.48. The number of carboxylic acids is 1. The number of carboxylic acid groups (broad SMARTS) is 1. The molecule has 0 radical (unpaired) electrons. The molecule has 0 saturated carbocycles. The van der Waals surface area contributed by atoms with E-state index in [2.05, 4.69) is 22.1 Å². The summed E-state index contributed by atoms with van der Waals surface area (Å²) < 4.78 is 18.2. The molecule has 0 spiro atoms. The molecule has 1 aromatic carbocycles. The van der Waals surface area contributed by atoms with E-state index < -0.39 is 23.6 Å². The Bertz CT molecular complexity index is 813. The summed E-state index contributed by atoms with van der Waals surface area (Å²) in [7, 11) is 0. The lowest BCUT2D eigenvalue weighted by atomic mass is 10.2. The summed E-state index contributed by atoms with van der Waals surface area (Å²) in [5, 5.41) is 11.3.